The fourth-order valence-corrected chi connectivity index (χ4v) is 3.31. The topological polar surface area (TPSA) is 61.8 Å². The van der Waals surface area contributed by atoms with Crippen LogP contribution in [0.25, 0.3) is 6.08 Å². The lowest BCUT2D eigenvalue weighted by Crippen LogP contribution is -2.09. The van der Waals surface area contributed by atoms with Gasteiger partial charge in [-0.2, -0.15) is 0 Å². The number of rotatable bonds is 4. The molecule has 30 heavy (non-hydrogen) atoms. The summed E-state index contributed by atoms with van der Waals surface area (Å²) in [5.41, 5.74) is 2.12. The zero-order valence-electron chi connectivity index (χ0n) is 16.3. The lowest BCUT2D eigenvalue weighted by molar-refractivity contribution is 0.0733. The fraction of sp³-hybridized carbons (Fsp3) is 0.0833. The molecule has 4 rings (SSSR count). The highest BCUT2D eigenvalue weighted by atomic mass is 35.5. The average molecular weight is 421 g/mol. The van der Waals surface area contributed by atoms with Gasteiger partial charge in [-0.15, -0.1) is 0 Å². The van der Waals surface area contributed by atoms with Gasteiger partial charge in [0.1, 0.15) is 17.2 Å². The van der Waals surface area contributed by atoms with Gasteiger partial charge in [-0.1, -0.05) is 23.7 Å². The van der Waals surface area contributed by atoms with Crippen LogP contribution in [0, 0.1) is 6.92 Å². The summed E-state index contributed by atoms with van der Waals surface area (Å²) in [5.74, 6) is 0.792. The van der Waals surface area contributed by atoms with Gasteiger partial charge in [-0.25, -0.2) is 4.79 Å². The van der Waals surface area contributed by atoms with Crippen molar-refractivity contribution in [3.63, 3.8) is 0 Å². The molecule has 5 nitrogen and oxygen atoms in total. The van der Waals surface area contributed by atoms with E-state index in [-0.39, 0.29) is 11.5 Å². The molecule has 3 aromatic carbocycles. The highest BCUT2D eigenvalue weighted by Crippen LogP contribution is 2.39. The third-order valence-electron chi connectivity index (χ3n) is 4.71. The maximum atomic E-state index is 12.7. The molecule has 0 bridgehead atoms. The molecule has 1 aliphatic rings. The third-order valence-corrected chi connectivity index (χ3v) is 4.95. The number of benzene rings is 3. The van der Waals surface area contributed by atoms with E-state index in [0.29, 0.717) is 39.0 Å². The van der Waals surface area contributed by atoms with Crippen LogP contribution in [0.5, 0.6) is 17.2 Å². The van der Waals surface area contributed by atoms with Crippen molar-refractivity contribution in [2.45, 2.75) is 6.92 Å². The predicted molar refractivity (Wildman–Crippen MR) is 114 cm³/mol. The van der Waals surface area contributed by atoms with Crippen molar-refractivity contribution in [1.82, 2.24) is 0 Å². The number of halogens is 1. The van der Waals surface area contributed by atoms with E-state index in [1.54, 1.807) is 74.7 Å². The number of methoxy groups -OCH3 is 1. The van der Waals surface area contributed by atoms with E-state index in [2.05, 4.69) is 0 Å². The van der Waals surface area contributed by atoms with Gasteiger partial charge in [0.05, 0.1) is 18.2 Å². The summed E-state index contributed by atoms with van der Waals surface area (Å²) in [5, 5.41) is 0.566. The quantitative estimate of drug-likeness (QED) is 0.317. The molecule has 1 aliphatic heterocycles. The molecule has 0 aliphatic carbocycles. The van der Waals surface area contributed by atoms with Gasteiger partial charge in [0.15, 0.2) is 5.76 Å². The minimum Gasteiger partial charge on any atom is -0.497 e. The van der Waals surface area contributed by atoms with E-state index in [4.69, 9.17) is 25.8 Å². The lowest BCUT2D eigenvalue weighted by Gasteiger charge is -2.10. The molecule has 0 amide bonds. The van der Waals surface area contributed by atoms with Gasteiger partial charge >= 0.3 is 5.97 Å². The minimum atomic E-state index is -0.514. The van der Waals surface area contributed by atoms with Crippen LogP contribution >= 0.6 is 11.6 Å². The van der Waals surface area contributed by atoms with Gasteiger partial charge < -0.3 is 14.2 Å². The van der Waals surface area contributed by atoms with Crippen molar-refractivity contribution >= 4 is 29.4 Å². The molecule has 150 valence electrons. The summed E-state index contributed by atoms with van der Waals surface area (Å²) < 4.78 is 16.4. The Morgan fingerprint density at radius 1 is 1.07 bits per heavy atom. The Labute approximate surface area is 178 Å². The van der Waals surface area contributed by atoms with E-state index in [0.717, 1.165) is 5.56 Å². The second-order valence-corrected chi connectivity index (χ2v) is 7.11. The first kappa shape index (κ1) is 19.7. The Balaban J connectivity index is 1.59. The first-order valence-electron chi connectivity index (χ1n) is 9.16. The number of carbonyl (C=O) groups excluding carboxylic acids is 2. The lowest BCUT2D eigenvalue weighted by atomic mass is 10.1. The van der Waals surface area contributed by atoms with Crippen LogP contribution in [0.1, 0.15) is 31.8 Å². The van der Waals surface area contributed by atoms with E-state index in [1.807, 2.05) is 6.07 Å². The molecule has 3 aromatic rings. The normalized spacial score (nSPS) is 13.7. The fourth-order valence-electron chi connectivity index (χ4n) is 3.11. The summed E-state index contributed by atoms with van der Waals surface area (Å²) in [6.07, 6.45) is 1.64. The standard InChI is InChI=1S/C24H17ClO5/c1-14-20(30-24(27)16-6-8-18(28-2)9-7-16)11-10-19-22(26)21(29-23(14)19)13-15-4-3-5-17(25)12-15/h3-13H,1-2H3/b21-13-. The Kier molecular flexibility index (Phi) is 5.29. The van der Waals surface area contributed by atoms with Crippen LogP contribution in [0.15, 0.2) is 66.4 Å². The molecule has 0 radical (unpaired) electrons. The van der Waals surface area contributed by atoms with Crippen LogP contribution in [0.2, 0.25) is 5.02 Å². The van der Waals surface area contributed by atoms with E-state index < -0.39 is 5.97 Å². The molecule has 0 atom stereocenters. The smallest absolute Gasteiger partial charge is 0.343 e. The Bertz CT molecular complexity index is 1180. The van der Waals surface area contributed by atoms with E-state index >= 15 is 0 Å². The van der Waals surface area contributed by atoms with Crippen LogP contribution in [0.4, 0.5) is 0 Å². The molecule has 1 heterocycles. The number of carbonyl (C=O) groups is 2. The summed E-state index contributed by atoms with van der Waals surface area (Å²) in [6.45, 7) is 1.74. The first-order valence-corrected chi connectivity index (χ1v) is 9.53. The summed E-state index contributed by atoms with van der Waals surface area (Å²) in [4.78, 5) is 25.2. The van der Waals surface area contributed by atoms with Gasteiger partial charge in [-0.3, -0.25) is 4.79 Å². The number of ether oxygens (including phenoxy) is 3. The Morgan fingerprint density at radius 3 is 2.53 bits per heavy atom. The van der Waals surface area contributed by atoms with E-state index in [9.17, 15) is 9.59 Å². The van der Waals surface area contributed by atoms with E-state index in [1.165, 1.54) is 0 Å². The number of fused-ring (bicyclic) bond motifs is 1. The zero-order chi connectivity index (χ0) is 21.3. The molecule has 0 spiro atoms. The zero-order valence-corrected chi connectivity index (χ0v) is 17.0. The second-order valence-electron chi connectivity index (χ2n) is 6.68. The number of allylic oxidation sites excluding steroid dienone is 1. The highest BCUT2D eigenvalue weighted by Gasteiger charge is 2.30. The van der Waals surface area contributed by atoms with Crippen LogP contribution in [-0.4, -0.2) is 18.9 Å². The number of ketones is 1. The second kappa shape index (κ2) is 8.05. The molecule has 0 aromatic heterocycles. The number of esters is 1. The summed E-state index contributed by atoms with van der Waals surface area (Å²) in [6, 6.07) is 16.9. The molecule has 0 fully saturated rings. The van der Waals surface area contributed by atoms with Crippen molar-refractivity contribution in [2.24, 2.45) is 0 Å². The molecule has 6 heteroatoms. The number of hydrogen-bond donors (Lipinski definition) is 0. The SMILES string of the molecule is COc1ccc(C(=O)Oc2ccc3c(c2C)O/C(=C\c2cccc(Cl)c2)C3=O)cc1. The van der Waals surface area contributed by atoms with Gasteiger partial charge in [0, 0.05) is 10.6 Å². The molecule has 0 saturated heterocycles. The van der Waals surface area contributed by atoms with Crippen molar-refractivity contribution < 1.29 is 23.8 Å². The number of Topliss-reactive ketones (excluding diaryl/α,β-unsaturated/α-hetero) is 1. The first-order chi connectivity index (χ1) is 14.5. The van der Waals surface area contributed by atoms with Gasteiger partial charge in [-0.05, 0) is 67.1 Å². The largest absolute Gasteiger partial charge is 0.497 e. The van der Waals surface area contributed by atoms with Crippen LogP contribution in [0.3, 0.4) is 0 Å². The van der Waals surface area contributed by atoms with Crippen molar-refractivity contribution in [3.05, 3.63) is 93.7 Å². The maximum Gasteiger partial charge on any atom is 0.343 e. The van der Waals surface area contributed by atoms with Crippen molar-refractivity contribution in [3.8, 4) is 17.2 Å². The highest BCUT2D eigenvalue weighted by molar-refractivity contribution is 6.30. The third kappa shape index (κ3) is 3.80. The Hall–Kier alpha value is -3.57. The van der Waals surface area contributed by atoms with Gasteiger partial charge in [0.25, 0.3) is 0 Å². The average Bonchev–Trinajstić information content (AvgIpc) is 3.06. The van der Waals surface area contributed by atoms with Crippen molar-refractivity contribution in [1.29, 1.82) is 0 Å². The maximum absolute atomic E-state index is 12.7. The summed E-state index contributed by atoms with van der Waals surface area (Å²) >= 11 is 6.01. The molecule has 0 saturated carbocycles. The molecule has 0 unspecified atom stereocenters. The number of hydrogen-bond acceptors (Lipinski definition) is 5. The predicted octanol–water partition coefficient (Wildman–Crippen LogP) is 5.49. The molecule has 0 N–H and O–H groups in total. The molecular weight excluding hydrogens is 404 g/mol. The summed E-state index contributed by atoms with van der Waals surface area (Å²) in [7, 11) is 1.55. The van der Waals surface area contributed by atoms with Crippen LogP contribution < -0.4 is 14.2 Å². The van der Waals surface area contributed by atoms with Gasteiger partial charge in [0.2, 0.25) is 5.78 Å². The minimum absolute atomic E-state index is 0.189. The molecular formula is C24H17ClO5. The van der Waals surface area contributed by atoms with Crippen LogP contribution in [-0.2, 0) is 0 Å². The monoisotopic (exact) mass is 420 g/mol. The van der Waals surface area contributed by atoms with Crippen molar-refractivity contribution in [2.75, 3.05) is 7.11 Å². The Morgan fingerprint density at radius 2 is 1.83 bits per heavy atom.